The van der Waals surface area contributed by atoms with E-state index in [0.717, 1.165) is 0 Å². The van der Waals surface area contributed by atoms with Gasteiger partial charge in [-0.25, -0.2) is 0 Å². The molecule has 2 amide bonds. The number of phenols is 1. The Balaban J connectivity index is 1.53. The maximum absolute atomic E-state index is 13.5. The lowest BCUT2D eigenvalue weighted by molar-refractivity contribution is 0.101. The SMILES string of the molecule is COc1cc(Cl)c(OC)c(NC(=O)c2cc3ccccc3c(/N=N/c3cc(C(=O)Nc4ccccc4)ccc3OC)c2O)c1. The number of nitrogens with zero attached hydrogens (tertiary/aromatic N) is 2. The molecule has 5 aromatic carbocycles. The molecule has 0 saturated carbocycles. The van der Waals surface area contributed by atoms with Gasteiger partial charge in [-0.1, -0.05) is 54.1 Å². The average molecular weight is 611 g/mol. The molecule has 0 unspecified atom stereocenters. The molecule has 0 radical (unpaired) electrons. The first-order valence-electron chi connectivity index (χ1n) is 13.3. The molecule has 0 heterocycles. The van der Waals surface area contributed by atoms with Crippen LogP contribution in [0.2, 0.25) is 5.02 Å². The number of nitrogens with one attached hydrogen (secondary N) is 2. The lowest BCUT2D eigenvalue weighted by atomic mass is 10.0. The summed E-state index contributed by atoms with van der Waals surface area (Å²) in [6.07, 6.45) is 0. The fourth-order valence-electron chi connectivity index (χ4n) is 4.51. The third kappa shape index (κ3) is 6.25. The van der Waals surface area contributed by atoms with E-state index in [1.165, 1.54) is 27.4 Å². The van der Waals surface area contributed by atoms with Crippen molar-refractivity contribution >= 4 is 56.9 Å². The molecular formula is C33H27ClN4O6. The van der Waals surface area contributed by atoms with E-state index >= 15 is 0 Å². The van der Waals surface area contributed by atoms with Crippen LogP contribution in [0.3, 0.4) is 0 Å². The topological polar surface area (TPSA) is 131 Å². The number of anilines is 2. The minimum absolute atomic E-state index is 0.0464. The largest absolute Gasteiger partial charge is 0.505 e. The fourth-order valence-corrected chi connectivity index (χ4v) is 4.79. The number of benzene rings is 5. The number of hydrogen-bond donors (Lipinski definition) is 3. The highest BCUT2D eigenvalue weighted by atomic mass is 35.5. The minimum atomic E-state index is -0.649. The molecule has 5 rings (SSSR count). The summed E-state index contributed by atoms with van der Waals surface area (Å²) in [4.78, 5) is 26.4. The van der Waals surface area contributed by atoms with Crippen LogP contribution in [0, 0.1) is 0 Å². The minimum Gasteiger partial charge on any atom is -0.505 e. The van der Waals surface area contributed by atoms with Gasteiger partial charge in [0.25, 0.3) is 11.8 Å². The summed E-state index contributed by atoms with van der Waals surface area (Å²) >= 11 is 6.30. The van der Waals surface area contributed by atoms with Crippen LogP contribution in [0.5, 0.6) is 23.0 Å². The average Bonchev–Trinajstić information content (AvgIpc) is 3.04. The van der Waals surface area contributed by atoms with Gasteiger partial charge >= 0.3 is 0 Å². The van der Waals surface area contributed by atoms with E-state index in [1.54, 1.807) is 66.7 Å². The Morgan fingerprint density at radius 2 is 1.52 bits per heavy atom. The van der Waals surface area contributed by atoms with Gasteiger partial charge in [0.2, 0.25) is 0 Å². The van der Waals surface area contributed by atoms with Crippen LogP contribution in [-0.4, -0.2) is 38.3 Å². The number of ether oxygens (including phenoxy) is 3. The van der Waals surface area contributed by atoms with Gasteiger partial charge in [-0.2, -0.15) is 0 Å². The van der Waals surface area contributed by atoms with Crippen LogP contribution >= 0.6 is 11.6 Å². The molecule has 0 atom stereocenters. The second-order valence-electron chi connectivity index (χ2n) is 9.39. The Morgan fingerprint density at radius 1 is 0.773 bits per heavy atom. The number of para-hydroxylation sites is 1. The molecule has 10 nitrogen and oxygen atoms in total. The Labute approximate surface area is 257 Å². The summed E-state index contributed by atoms with van der Waals surface area (Å²) < 4.78 is 16.1. The molecule has 0 aliphatic heterocycles. The fraction of sp³-hybridized carbons (Fsp3) is 0.0909. The summed E-state index contributed by atoms with van der Waals surface area (Å²) in [5.74, 6) is -0.430. The zero-order chi connectivity index (χ0) is 31.2. The van der Waals surface area contributed by atoms with Crippen molar-refractivity contribution in [2.24, 2.45) is 10.2 Å². The summed E-state index contributed by atoms with van der Waals surface area (Å²) in [6.45, 7) is 0. The van der Waals surface area contributed by atoms with Gasteiger partial charge in [0.1, 0.15) is 22.9 Å². The third-order valence-corrected chi connectivity index (χ3v) is 6.96. The van der Waals surface area contributed by atoms with Crippen molar-refractivity contribution in [3.8, 4) is 23.0 Å². The Hall–Kier alpha value is -5.61. The molecule has 3 N–H and O–H groups in total. The molecule has 5 aromatic rings. The summed E-state index contributed by atoms with van der Waals surface area (Å²) in [6, 6.07) is 25.5. The van der Waals surface area contributed by atoms with Crippen LogP contribution in [-0.2, 0) is 0 Å². The van der Waals surface area contributed by atoms with E-state index in [4.69, 9.17) is 25.8 Å². The summed E-state index contributed by atoms with van der Waals surface area (Å²) in [5, 5.41) is 27.0. The van der Waals surface area contributed by atoms with Gasteiger partial charge in [-0.3, -0.25) is 9.59 Å². The van der Waals surface area contributed by atoms with Gasteiger partial charge in [0.05, 0.1) is 37.6 Å². The second kappa shape index (κ2) is 13.1. The van der Waals surface area contributed by atoms with Crippen LogP contribution in [0.25, 0.3) is 10.8 Å². The number of aromatic hydroxyl groups is 1. The van der Waals surface area contributed by atoms with Crippen molar-refractivity contribution in [3.05, 3.63) is 107 Å². The molecular weight excluding hydrogens is 584 g/mol. The number of amides is 2. The maximum Gasteiger partial charge on any atom is 0.259 e. The molecule has 0 bridgehead atoms. The summed E-state index contributed by atoms with van der Waals surface area (Å²) in [7, 11) is 4.36. The summed E-state index contributed by atoms with van der Waals surface area (Å²) in [5.41, 5.74) is 1.41. The standard InChI is InChI=1S/C33H27ClN4O6/c1-42-22-17-25(34)31(44-3)27(18-22)36-33(41)24-15-19-9-7-8-12-23(19)29(30(24)39)38-37-26-16-20(13-14-28(26)43-2)32(40)35-21-10-5-4-6-11-21/h4-18,39H,1-3H3,(H,35,40)(H,36,41)/b38-37+. The van der Waals surface area contributed by atoms with Crippen molar-refractivity contribution < 1.29 is 28.9 Å². The molecule has 0 saturated heterocycles. The van der Waals surface area contributed by atoms with Crippen LogP contribution in [0.15, 0.2) is 101 Å². The highest BCUT2D eigenvalue weighted by Gasteiger charge is 2.21. The Kier molecular flexibility index (Phi) is 8.92. The number of hydrogen-bond acceptors (Lipinski definition) is 8. The number of methoxy groups -OCH3 is 3. The van der Waals surface area contributed by atoms with E-state index < -0.39 is 11.7 Å². The van der Waals surface area contributed by atoms with Crippen molar-refractivity contribution in [1.29, 1.82) is 0 Å². The highest BCUT2D eigenvalue weighted by Crippen LogP contribution is 2.42. The number of carbonyl (C=O) groups is 2. The third-order valence-electron chi connectivity index (χ3n) is 6.68. The first kappa shape index (κ1) is 29.9. The predicted octanol–water partition coefficient (Wildman–Crippen LogP) is 8.14. The van der Waals surface area contributed by atoms with Gasteiger partial charge in [-0.15, -0.1) is 10.2 Å². The first-order chi connectivity index (χ1) is 21.3. The van der Waals surface area contributed by atoms with E-state index in [1.807, 2.05) is 18.2 Å². The molecule has 0 aliphatic carbocycles. The van der Waals surface area contributed by atoms with E-state index in [0.29, 0.717) is 33.5 Å². The number of halogens is 1. The Bertz CT molecular complexity index is 1900. The smallest absolute Gasteiger partial charge is 0.259 e. The molecule has 0 aromatic heterocycles. The highest BCUT2D eigenvalue weighted by molar-refractivity contribution is 6.33. The van der Waals surface area contributed by atoms with Crippen LogP contribution < -0.4 is 24.8 Å². The van der Waals surface area contributed by atoms with Gasteiger partial charge in [0.15, 0.2) is 11.5 Å². The lowest BCUT2D eigenvalue weighted by Gasteiger charge is -2.15. The molecule has 0 fully saturated rings. The number of fused-ring (bicyclic) bond motifs is 1. The van der Waals surface area contributed by atoms with E-state index in [2.05, 4.69) is 20.9 Å². The van der Waals surface area contributed by atoms with Crippen molar-refractivity contribution in [2.45, 2.75) is 0 Å². The van der Waals surface area contributed by atoms with Crippen LogP contribution in [0.4, 0.5) is 22.7 Å². The molecule has 0 spiro atoms. The van der Waals surface area contributed by atoms with Crippen molar-refractivity contribution in [2.75, 3.05) is 32.0 Å². The van der Waals surface area contributed by atoms with Crippen molar-refractivity contribution in [1.82, 2.24) is 0 Å². The number of rotatable bonds is 9. The number of carbonyl (C=O) groups excluding carboxylic acids is 2. The van der Waals surface area contributed by atoms with Gasteiger partial charge in [-0.05, 0) is 41.8 Å². The molecule has 44 heavy (non-hydrogen) atoms. The lowest BCUT2D eigenvalue weighted by Crippen LogP contribution is -2.13. The quantitative estimate of drug-likeness (QED) is 0.144. The number of phenolic OH excluding ortho intramolecular Hbond substituents is 1. The van der Waals surface area contributed by atoms with Gasteiger partial charge in [0, 0.05) is 28.8 Å². The normalized spacial score (nSPS) is 10.9. The Morgan fingerprint density at radius 3 is 2.25 bits per heavy atom. The zero-order valence-corrected chi connectivity index (χ0v) is 24.7. The predicted molar refractivity (Wildman–Crippen MR) is 170 cm³/mol. The second-order valence-corrected chi connectivity index (χ2v) is 9.80. The first-order valence-corrected chi connectivity index (χ1v) is 13.6. The van der Waals surface area contributed by atoms with Crippen molar-refractivity contribution in [3.63, 3.8) is 0 Å². The van der Waals surface area contributed by atoms with Crippen LogP contribution in [0.1, 0.15) is 20.7 Å². The molecule has 0 aliphatic rings. The molecule has 222 valence electrons. The molecule has 11 heteroatoms. The van der Waals surface area contributed by atoms with Gasteiger partial charge < -0.3 is 30.0 Å². The zero-order valence-electron chi connectivity index (χ0n) is 23.9. The van der Waals surface area contributed by atoms with E-state index in [9.17, 15) is 14.7 Å². The monoisotopic (exact) mass is 610 g/mol. The van der Waals surface area contributed by atoms with E-state index in [-0.39, 0.29) is 39.3 Å². The maximum atomic E-state index is 13.5. The number of azo groups is 1.